The van der Waals surface area contributed by atoms with Crippen LogP contribution in [0.2, 0.25) is 0 Å². The molecular weight excluding hydrogens is 290 g/mol. The average molecular weight is 307 g/mol. The van der Waals surface area contributed by atoms with E-state index in [-0.39, 0.29) is 18.4 Å². The monoisotopic (exact) mass is 307 g/mol. The molecule has 0 aliphatic carbocycles. The molecule has 0 radical (unpaired) electrons. The maximum Gasteiger partial charge on any atom is 0.323 e. The number of amides is 2. The summed E-state index contributed by atoms with van der Waals surface area (Å²) in [6.45, 7) is 5.13. The molecule has 7 nitrogen and oxygen atoms in total. The van der Waals surface area contributed by atoms with Crippen LogP contribution in [0.15, 0.2) is 27.9 Å². The molecule has 1 N–H and O–H groups in total. The third-order valence-corrected chi connectivity index (χ3v) is 4.00. The fraction of sp³-hybridized carbons (Fsp3) is 0.462. The zero-order chi connectivity index (χ0) is 15.0. The molecule has 0 saturated carbocycles. The maximum atomic E-state index is 12.3. The number of fused-ring (bicyclic) bond motifs is 1. The fourth-order valence-corrected chi connectivity index (χ4v) is 2.99. The van der Waals surface area contributed by atoms with Crippen LogP contribution in [0.3, 0.4) is 0 Å². The average Bonchev–Trinajstić information content (AvgIpc) is 3.13. The second-order valence-corrected chi connectivity index (χ2v) is 5.15. The van der Waals surface area contributed by atoms with Gasteiger partial charge >= 0.3 is 6.03 Å². The Balaban J connectivity index is 1.87. The first-order chi connectivity index (χ1) is 10.2. The molecule has 2 fully saturated rings. The second kappa shape index (κ2) is 5.36. The van der Waals surface area contributed by atoms with Gasteiger partial charge in [0.05, 0.1) is 12.5 Å². The van der Waals surface area contributed by atoms with Gasteiger partial charge in [-0.2, -0.15) is 5.10 Å². The Kier molecular flexibility index (Phi) is 3.54. The van der Waals surface area contributed by atoms with Gasteiger partial charge in [0.25, 0.3) is 0 Å². The molecule has 0 spiro atoms. The largest absolute Gasteiger partial charge is 0.463 e. The van der Waals surface area contributed by atoms with Crippen molar-refractivity contribution in [1.82, 2.24) is 20.1 Å². The molecule has 112 valence electrons. The first-order valence-electron chi connectivity index (χ1n) is 6.91. The van der Waals surface area contributed by atoms with Crippen molar-refractivity contribution in [3.05, 3.63) is 24.2 Å². The van der Waals surface area contributed by atoms with Crippen molar-refractivity contribution in [2.45, 2.75) is 26.2 Å². The number of carbonyl (C=O) groups excluding carboxylic acids is 1. The minimum absolute atomic E-state index is 0.00296. The van der Waals surface area contributed by atoms with E-state index >= 15 is 0 Å². The quantitative estimate of drug-likeness (QED) is 0.669. The Morgan fingerprint density at radius 1 is 1.43 bits per heavy atom. The number of likely N-dealkylation sites (N-methyl/N-ethyl adjacent to an activating group) is 2. The van der Waals surface area contributed by atoms with Crippen molar-refractivity contribution in [1.29, 1.82) is 0 Å². The normalized spacial score (nSPS) is 25.1. The Bertz CT molecular complexity index is 573. The molecule has 2 amide bonds. The number of urea groups is 1. The van der Waals surface area contributed by atoms with Gasteiger partial charge in [-0.15, -0.1) is 0 Å². The summed E-state index contributed by atoms with van der Waals surface area (Å²) in [7, 11) is 0. The number of hydrogen-bond acceptors (Lipinski definition) is 4. The molecule has 2 unspecified atom stereocenters. The Morgan fingerprint density at radius 2 is 2.19 bits per heavy atom. The molecule has 1 aromatic heterocycles. The van der Waals surface area contributed by atoms with Crippen LogP contribution in [0.4, 0.5) is 4.79 Å². The van der Waals surface area contributed by atoms with Crippen LogP contribution in [0, 0.1) is 0 Å². The van der Waals surface area contributed by atoms with E-state index in [4.69, 9.17) is 16.6 Å². The number of hydrazone groups is 1. The maximum absolute atomic E-state index is 12.3. The predicted molar refractivity (Wildman–Crippen MR) is 81.6 cm³/mol. The SMILES string of the molecule is CCN1C(=O)N(CC)C2C1NC(=S)N2/N=C/c1ccco1. The lowest BCUT2D eigenvalue weighted by atomic mass is 10.4. The number of carbonyl (C=O) groups is 1. The summed E-state index contributed by atoms with van der Waals surface area (Å²) in [5.41, 5.74) is 0. The van der Waals surface area contributed by atoms with E-state index in [1.807, 2.05) is 19.9 Å². The van der Waals surface area contributed by atoms with E-state index in [1.165, 1.54) is 0 Å². The summed E-state index contributed by atoms with van der Waals surface area (Å²) in [5.74, 6) is 0.640. The van der Waals surface area contributed by atoms with Crippen LogP contribution in [0.5, 0.6) is 0 Å². The molecule has 0 bridgehead atoms. The molecule has 2 saturated heterocycles. The molecule has 2 aliphatic rings. The lowest BCUT2D eigenvalue weighted by molar-refractivity contribution is 0.157. The standard InChI is InChI=1S/C13H17N5O2S/c1-3-16-10-11(17(4-2)13(16)19)18(12(21)15-10)14-8-9-6-5-7-20-9/h5-8,10-11H,3-4H2,1-2H3,(H,15,21)/b14-8+. The lowest BCUT2D eigenvalue weighted by Crippen LogP contribution is -2.43. The summed E-state index contributed by atoms with van der Waals surface area (Å²) < 4.78 is 5.23. The van der Waals surface area contributed by atoms with Gasteiger partial charge < -0.3 is 14.6 Å². The number of rotatable bonds is 4. The summed E-state index contributed by atoms with van der Waals surface area (Å²) in [6.07, 6.45) is 2.80. The van der Waals surface area contributed by atoms with Gasteiger partial charge in [0, 0.05) is 13.1 Å². The lowest BCUT2D eigenvalue weighted by Gasteiger charge is -2.25. The second-order valence-electron chi connectivity index (χ2n) is 4.77. The van der Waals surface area contributed by atoms with E-state index in [0.717, 1.165) is 0 Å². The first-order valence-corrected chi connectivity index (χ1v) is 7.32. The van der Waals surface area contributed by atoms with Crippen molar-refractivity contribution in [3.63, 3.8) is 0 Å². The molecule has 0 aromatic carbocycles. The topological polar surface area (TPSA) is 64.3 Å². The van der Waals surface area contributed by atoms with E-state index < -0.39 is 0 Å². The van der Waals surface area contributed by atoms with E-state index in [9.17, 15) is 4.79 Å². The smallest absolute Gasteiger partial charge is 0.323 e. The zero-order valence-corrected chi connectivity index (χ0v) is 12.7. The van der Waals surface area contributed by atoms with Crippen LogP contribution in [-0.2, 0) is 0 Å². The third-order valence-electron chi connectivity index (χ3n) is 3.69. The van der Waals surface area contributed by atoms with Gasteiger partial charge in [-0.3, -0.25) is 4.90 Å². The Hall–Kier alpha value is -2.09. The van der Waals surface area contributed by atoms with Crippen molar-refractivity contribution >= 4 is 29.6 Å². The van der Waals surface area contributed by atoms with Crippen LogP contribution in [0.1, 0.15) is 19.6 Å². The van der Waals surface area contributed by atoms with Crippen LogP contribution >= 0.6 is 12.2 Å². The minimum atomic E-state index is -0.221. The van der Waals surface area contributed by atoms with Gasteiger partial charge in [-0.1, -0.05) is 0 Å². The van der Waals surface area contributed by atoms with Crippen molar-refractivity contribution < 1.29 is 9.21 Å². The highest BCUT2D eigenvalue weighted by Crippen LogP contribution is 2.29. The fourth-order valence-electron chi connectivity index (χ4n) is 2.72. The van der Waals surface area contributed by atoms with E-state index in [1.54, 1.807) is 33.4 Å². The molecule has 2 aliphatic heterocycles. The summed E-state index contributed by atoms with van der Waals surface area (Å²) in [5, 5.41) is 9.73. The summed E-state index contributed by atoms with van der Waals surface area (Å²) >= 11 is 5.34. The van der Waals surface area contributed by atoms with Crippen molar-refractivity contribution in [2.24, 2.45) is 5.10 Å². The first kappa shape index (κ1) is 13.9. The van der Waals surface area contributed by atoms with Crippen LogP contribution in [-0.4, -0.2) is 57.6 Å². The highest BCUT2D eigenvalue weighted by Gasteiger charge is 2.53. The minimum Gasteiger partial charge on any atom is -0.463 e. The predicted octanol–water partition coefficient (Wildman–Crippen LogP) is 1.23. The van der Waals surface area contributed by atoms with Gasteiger partial charge in [0.15, 0.2) is 11.3 Å². The highest BCUT2D eigenvalue weighted by molar-refractivity contribution is 7.80. The molecule has 3 heterocycles. The number of furan rings is 1. The van der Waals surface area contributed by atoms with Gasteiger partial charge in [0.2, 0.25) is 0 Å². The molecule has 21 heavy (non-hydrogen) atoms. The highest BCUT2D eigenvalue weighted by atomic mass is 32.1. The van der Waals surface area contributed by atoms with Crippen molar-refractivity contribution in [2.75, 3.05) is 13.1 Å². The van der Waals surface area contributed by atoms with E-state index in [0.29, 0.717) is 24.0 Å². The Morgan fingerprint density at radius 3 is 2.81 bits per heavy atom. The van der Waals surface area contributed by atoms with E-state index in [2.05, 4.69) is 10.4 Å². The number of hydrogen-bond donors (Lipinski definition) is 1. The summed E-state index contributed by atoms with van der Waals surface area (Å²) in [4.78, 5) is 15.9. The molecule has 1 aromatic rings. The van der Waals surface area contributed by atoms with Crippen molar-refractivity contribution in [3.8, 4) is 0 Å². The zero-order valence-electron chi connectivity index (χ0n) is 11.9. The number of nitrogens with one attached hydrogen (secondary N) is 1. The van der Waals surface area contributed by atoms with Gasteiger partial charge in [-0.25, -0.2) is 9.80 Å². The summed E-state index contributed by atoms with van der Waals surface area (Å²) in [6, 6.07) is 3.60. The third kappa shape index (κ3) is 2.15. The van der Waals surface area contributed by atoms with Gasteiger partial charge in [-0.05, 0) is 38.2 Å². The molecular formula is C13H17N5O2S. The number of nitrogens with zero attached hydrogens (tertiary/aromatic N) is 4. The molecule has 3 rings (SSSR count). The van der Waals surface area contributed by atoms with Crippen LogP contribution < -0.4 is 5.32 Å². The number of thiocarbonyl (C=S) groups is 1. The van der Waals surface area contributed by atoms with Crippen LogP contribution in [0.25, 0.3) is 0 Å². The Labute approximate surface area is 128 Å². The molecule has 2 atom stereocenters. The molecule has 8 heteroatoms. The van der Waals surface area contributed by atoms with Gasteiger partial charge in [0.1, 0.15) is 11.9 Å².